The van der Waals surface area contributed by atoms with Crippen molar-refractivity contribution in [1.82, 2.24) is 4.90 Å². The van der Waals surface area contributed by atoms with Crippen molar-refractivity contribution in [3.05, 3.63) is 139 Å². The number of hydrogen-bond acceptors (Lipinski definition) is 4. The Labute approximate surface area is 243 Å². The molecule has 0 radical (unpaired) electrons. The summed E-state index contributed by atoms with van der Waals surface area (Å²) in [7, 11) is 0. The summed E-state index contributed by atoms with van der Waals surface area (Å²) in [6.45, 7) is 1.46. The van der Waals surface area contributed by atoms with Crippen LogP contribution in [0.25, 0.3) is 6.08 Å². The Morgan fingerprint density at radius 3 is 2.18 bits per heavy atom. The van der Waals surface area contributed by atoms with Crippen LogP contribution in [0.1, 0.15) is 22.3 Å². The minimum Gasteiger partial charge on any atom is -0.488 e. The lowest BCUT2D eigenvalue weighted by atomic mass is 10.2. The number of carbonyl (C=O) groups is 1. The zero-order valence-electron chi connectivity index (χ0n) is 20.4. The molecule has 0 saturated carbocycles. The molecule has 1 aliphatic heterocycles. The average Bonchev–Trinajstić information content (AvgIpc) is 3.22. The molecule has 5 rings (SSSR count). The average molecular weight is 648 g/mol. The van der Waals surface area contributed by atoms with E-state index in [1.54, 1.807) is 4.90 Å². The van der Waals surface area contributed by atoms with Crippen molar-refractivity contribution in [3.8, 4) is 5.75 Å². The highest BCUT2D eigenvalue weighted by Crippen LogP contribution is 2.35. The third kappa shape index (κ3) is 6.84. The number of thioether (sulfide) groups is 1. The number of ether oxygens (including phenoxy) is 1. The Kier molecular flexibility index (Phi) is 8.79. The maximum absolute atomic E-state index is 13.5. The van der Waals surface area contributed by atoms with Gasteiger partial charge in [0.15, 0.2) is 5.17 Å². The predicted molar refractivity (Wildman–Crippen MR) is 163 cm³/mol. The summed E-state index contributed by atoms with van der Waals surface area (Å²) in [5, 5.41) is 0.711. The highest BCUT2D eigenvalue weighted by molar-refractivity contribution is 9.10. The topological polar surface area (TPSA) is 41.9 Å². The Morgan fingerprint density at radius 2 is 1.50 bits per heavy atom. The molecule has 0 aromatic heterocycles. The van der Waals surface area contributed by atoms with Crippen LogP contribution in [-0.2, 0) is 24.5 Å². The molecular weight excluding hydrogens is 624 g/mol. The molecule has 7 heteroatoms. The quantitative estimate of drug-likeness (QED) is 0.180. The van der Waals surface area contributed by atoms with E-state index in [1.807, 2.05) is 109 Å². The van der Waals surface area contributed by atoms with Crippen molar-refractivity contribution in [2.24, 2.45) is 4.99 Å². The molecule has 0 aliphatic carbocycles. The number of halogens is 2. The fourth-order valence-electron chi connectivity index (χ4n) is 3.89. The normalized spacial score (nSPS) is 15.4. The molecule has 190 valence electrons. The van der Waals surface area contributed by atoms with E-state index < -0.39 is 0 Å². The second kappa shape index (κ2) is 12.6. The number of rotatable bonds is 8. The van der Waals surface area contributed by atoms with E-state index in [0.29, 0.717) is 29.8 Å². The molecule has 0 unspecified atom stereocenters. The van der Waals surface area contributed by atoms with Gasteiger partial charge in [-0.05, 0) is 80.3 Å². The molecule has 1 amide bonds. The highest BCUT2D eigenvalue weighted by Gasteiger charge is 2.33. The van der Waals surface area contributed by atoms with E-state index in [1.165, 1.54) is 11.8 Å². The van der Waals surface area contributed by atoms with E-state index >= 15 is 0 Å². The van der Waals surface area contributed by atoms with Gasteiger partial charge < -0.3 is 4.74 Å². The van der Waals surface area contributed by atoms with Crippen LogP contribution in [-0.4, -0.2) is 16.0 Å². The summed E-state index contributed by atoms with van der Waals surface area (Å²) in [5.41, 5.74) is 4.16. The van der Waals surface area contributed by atoms with Gasteiger partial charge in [0, 0.05) is 4.47 Å². The lowest BCUT2D eigenvalue weighted by molar-refractivity contribution is -0.122. The molecular formula is C31H24Br2N2O2S. The van der Waals surface area contributed by atoms with Gasteiger partial charge in [-0.15, -0.1) is 0 Å². The first kappa shape index (κ1) is 26.5. The van der Waals surface area contributed by atoms with Gasteiger partial charge in [0.25, 0.3) is 5.91 Å². The largest absolute Gasteiger partial charge is 0.488 e. The first-order chi connectivity index (χ1) is 18.5. The molecule has 0 bridgehead atoms. The number of hydrogen-bond donors (Lipinski definition) is 0. The van der Waals surface area contributed by atoms with E-state index in [2.05, 4.69) is 31.9 Å². The van der Waals surface area contributed by atoms with Crippen LogP contribution >= 0.6 is 43.6 Å². The second-order valence-corrected chi connectivity index (χ2v) is 11.5. The molecule has 1 heterocycles. The summed E-state index contributed by atoms with van der Waals surface area (Å²) in [4.78, 5) is 20.7. The van der Waals surface area contributed by atoms with Crippen LogP contribution in [0.15, 0.2) is 122 Å². The van der Waals surface area contributed by atoms with Gasteiger partial charge in [0.05, 0.1) is 22.5 Å². The molecule has 0 spiro atoms. The fourth-order valence-corrected chi connectivity index (χ4v) is 5.64. The maximum Gasteiger partial charge on any atom is 0.267 e. The Morgan fingerprint density at radius 1 is 0.816 bits per heavy atom. The molecule has 0 atom stereocenters. The summed E-state index contributed by atoms with van der Waals surface area (Å²) < 4.78 is 7.87. The van der Waals surface area contributed by atoms with E-state index in [9.17, 15) is 4.79 Å². The van der Waals surface area contributed by atoms with Crippen LogP contribution in [0.3, 0.4) is 0 Å². The Hall–Kier alpha value is -3.13. The van der Waals surface area contributed by atoms with Gasteiger partial charge >= 0.3 is 0 Å². The van der Waals surface area contributed by atoms with Crippen molar-refractivity contribution in [2.75, 3.05) is 0 Å². The van der Waals surface area contributed by atoms with Crippen LogP contribution in [0.4, 0.5) is 0 Å². The first-order valence-electron chi connectivity index (χ1n) is 12.1. The molecule has 4 nitrogen and oxygen atoms in total. The van der Waals surface area contributed by atoms with Crippen molar-refractivity contribution in [2.45, 2.75) is 19.7 Å². The summed E-state index contributed by atoms with van der Waals surface area (Å²) in [6, 6.07) is 34.0. The van der Waals surface area contributed by atoms with Crippen molar-refractivity contribution >= 4 is 60.8 Å². The number of amidine groups is 1. The van der Waals surface area contributed by atoms with Gasteiger partial charge in [-0.25, -0.2) is 0 Å². The number of carbonyl (C=O) groups excluding carboxylic acids is 1. The van der Waals surface area contributed by atoms with Gasteiger partial charge in [-0.3, -0.25) is 14.7 Å². The van der Waals surface area contributed by atoms with Crippen LogP contribution in [0, 0.1) is 0 Å². The molecule has 1 fully saturated rings. The van der Waals surface area contributed by atoms with Crippen molar-refractivity contribution < 1.29 is 9.53 Å². The minimum absolute atomic E-state index is 0.0441. The molecule has 4 aromatic rings. The zero-order valence-corrected chi connectivity index (χ0v) is 24.4. The number of benzene rings is 4. The van der Waals surface area contributed by atoms with Gasteiger partial charge in [0.2, 0.25) is 0 Å². The Balaban J connectivity index is 1.34. The second-order valence-electron chi connectivity index (χ2n) is 8.68. The highest BCUT2D eigenvalue weighted by atomic mass is 79.9. The number of aliphatic imine (C=N–C) groups is 1. The zero-order chi connectivity index (χ0) is 26.3. The molecule has 38 heavy (non-hydrogen) atoms. The first-order valence-corrected chi connectivity index (χ1v) is 14.5. The van der Waals surface area contributed by atoms with E-state index in [-0.39, 0.29) is 5.91 Å². The maximum atomic E-state index is 13.5. The third-order valence-corrected chi connectivity index (χ3v) is 8.07. The van der Waals surface area contributed by atoms with Crippen LogP contribution in [0.5, 0.6) is 5.75 Å². The molecule has 4 aromatic carbocycles. The van der Waals surface area contributed by atoms with Crippen LogP contribution in [0.2, 0.25) is 0 Å². The van der Waals surface area contributed by atoms with Crippen molar-refractivity contribution in [1.29, 1.82) is 0 Å². The van der Waals surface area contributed by atoms with Gasteiger partial charge in [-0.2, -0.15) is 0 Å². The molecule has 0 N–H and O–H groups in total. The summed E-state index contributed by atoms with van der Waals surface area (Å²) in [5.74, 6) is 0.702. The lowest BCUT2D eigenvalue weighted by Crippen LogP contribution is -2.28. The summed E-state index contributed by atoms with van der Waals surface area (Å²) >= 11 is 8.50. The van der Waals surface area contributed by atoms with Crippen molar-refractivity contribution in [3.63, 3.8) is 0 Å². The SMILES string of the molecule is O=C1/C(=C\c2ccc(OCc3ccc(Br)cc3)c(Br)c2)SC(=NCc2ccccc2)N1Cc1ccccc1. The third-order valence-electron chi connectivity index (χ3n) is 5.87. The smallest absolute Gasteiger partial charge is 0.267 e. The standard InChI is InChI=1S/C31H24Br2N2O2S/c32-26-14-11-24(12-15-26)21-37-28-16-13-25(17-27(28)33)18-29-30(36)35(20-23-9-5-2-6-10-23)31(38-29)34-19-22-7-3-1-4-8-22/h1-18H,19-21H2/b29-18+,34-31?. The lowest BCUT2D eigenvalue weighted by Gasteiger charge is -2.15. The Bertz CT molecular complexity index is 1470. The fraction of sp³-hybridized carbons (Fsp3) is 0.0968. The number of nitrogens with zero attached hydrogens (tertiary/aromatic N) is 2. The van der Waals surface area contributed by atoms with E-state index in [0.717, 1.165) is 36.9 Å². The predicted octanol–water partition coefficient (Wildman–Crippen LogP) is 8.46. The van der Waals surface area contributed by atoms with E-state index in [4.69, 9.17) is 9.73 Å². The number of amides is 1. The van der Waals surface area contributed by atoms with Gasteiger partial charge in [0.1, 0.15) is 12.4 Å². The molecule has 1 saturated heterocycles. The minimum atomic E-state index is -0.0441. The van der Waals surface area contributed by atoms with Gasteiger partial charge in [-0.1, -0.05) is 94.8 Å². The summed E-state index contributed by atoms with van der Waals surface area (Å²) in [6.07, 6.45) is 1.92. The molecule has 1 aliphatic rings. The monoisotopic (exact) mass is 646 g/mol. The van der Waals surface area contributed by atoms with Crippen LogP contribution < -0.4 is 4.74 Å².